The van der Waals surface area contributed by atoms with Crippen molar-refractivity contribution in [2.24, 2.45) is 0 Å². The molecule has 0 spiro atoms. The number of hydrogen-bond acceptors (Lipinski definition) is 6. The van der Waals surface area contributed by atoms with Gasteiger partial charge in [-0.3, -0.25) is 14.7 Å². The lowest BCUT2D eigenvalue weighted by molar-refractivity contribution is 0.0994. The summed E-state index contributed by atoms with van der Waals surface area (Å²) in [5.74, 6) is 0.410. The number of H-pyrrole nitrogens is 1. The second kappa shape index (κ2) is 9.10. The largest absolute Gasteiger partial charge is 0.459 e. The molecule has 0 saturated heterocycles. The molecular weight excluding hydrogens is 402 g/mol. The molecule has 0 fully saturated rings. The molecular formula is C21H17N5O3S. The van der Waals surface area contributed by atoms with Gasteiger partial charge >= 0.3 is 0 Å². The number of aromatic amines is 1. The fourth-order valence-electron chi connectivity index (χ4n) is 2.61. The number of benzene rings is 2. The van der Waals surface area contributed by atoms with Crippen molar-refractivity contribution in [3.05, 3.63) is 90.1 Å². The van der Waals surface area contributed by atoms with E-state index in [0.29, 0.717) is 16.9 Å². The molecule has 30 heavy (non-hydrogen) atoms. The monoisotopic (exact) mass is 419 g/mol. The summed E-state index contributed by atoms with van der Waals surface area (Å²) in [4.78, 5) is 28.5. The Morgan fingerprint density at radius 1 is 0.933 bits per heavy atom. The lowest BCUT2D eigenvalue weighted by Crippen LogP contribution is -2.13. The molecule has 2 aromatic heterocycles. The van der Waals surface area contributed by atoms with Gasteiger partial charge in [0.25, 0.3) is 11.8 Å². The van der Waals surface area contributed by atoms with Crippen LogP contribution in [0.15, 0.2) is 82.8 Å². The van der Waals surface area contributed by atoms with Crippen molar-refractivity contribution in [3.8, 4) is 0 Å². The first-order chi connectivity index (χ1) is 14.7. The summed E-state index contributed by atoms with van der Waals surface area (Å²) in [5, 5.41) is 12.9. The second-order valence-electron chi connectivity index (χ2n) is 6.24. The van der Waals surface area contributed by atoms with E-state index in [1.807, 2.05) is 12.1 Å². The Hall–Kier alpha value is -3.85. The molecule has 0 unspecified atom stereocenters. The number of rotatable bonds is 7. The van der Waals surface area contributed by atoms with Crippen LogP contribution in [0.25, 0.3) is 0 Å². The lowest BCUT2D eigenvalue weighted by Gasteiger charge is -2.08. The number of nitrogens with zero attached hydrogens (tertiary/aromatic N) is 2. The third-order valence-corrected chi connectivity index (χ3v) is 5.08. The van der Waals surface area contributed by atoms with Crippen LogP contribution >= 0.6 is 11.8 Å². The van der Waals surface area contributed by atoms with Crippen molar-refractivity contribution in [2.75, 3.05) is 10.6 Å². The first-order valence-electron chi connectivity index (χ1n) is 9.01. The summed E-state index contributed by atoms with van der Waals surface area (Å²) < 4.78 is 5.06. The number of anilines is 2. The molecule has 9 heteroatoms. The number of hydrogen-bond donors (Lipinski definition) is 3. The van der Waals surface area contributed by atoms with Crippen molar-refractivity contribution in [2.45, 2.75) is 10.9 Å². The van der Waals surface area contributed by atoms with Crippen LogP contribution in [0.5, 0.6) is 0 Å². The third kappa shape index (κ3) is 4.95. The minimum Gasteiger partial charge on any atom is -0.459 e. The van der Waals surface area contributed by atoms with Crippen LogP contribution in [-0.4, -0.2) is 27.0 Å². The van der Waals surface area contributed by atoms with Gasteiger partial charge in [0.15, 0.2) is 10.9 Å². The molecule has 4 aromatic rings. The van der Waals surface area contributed by atoms with Crippen LogP contribution < -0.4 is 10.6 Å². The molecule has 2 heterocycles. The van der Waals surface area contributed by atoms with Crippen LogP contribution in [0.4, 0.5) is 11.4 Å². The Balaban J connectivity index is 1.31. The van der Waals surface area contributed by atoms with Gasteiger partial charge in [0, 0.05) is 22.7 Å². The molecule has 8 nitrogen and oxygen atoms in total. The highest BCUT2D eigenvalue weighted by molar-refractivity contribution is 7.98. The van der Waals surface area contributed by atoms with E-state index in [1.54, 1.807) is 48.5 Å². The van der Waals surface area contributed by atoms with E-state index in [-0.39, 0.29) is 17.6 Å². The maximum atomic E-state index is 12.5. The van der Waals surface area contributed by atoms with Crippen molar-refractivity contribution in [3.63, 3.8) is 0 Å². The minimum atomic E-state index is -0.335. The SMILES string of the molecule is O=C(Nc1ccc(NC(=O)c2ccco2)cc1)c1ccc(CSc2ncn[nH]2)cc1. The summed E-state index contributed by atoms with van der Waals surface area (Å²) in [6, 6.07) is 17.5. The van der Waals surface area contributed by atoms with Gasteiger partial charge < -0.3 is 15.1 Å². The van der Waals surface area contributed by atoms with Crippen molar-refractivity contribution < 1.29 is 14.0 Å². The lowest BCUT2D eigenvalue weighted by atomic mass is 10.1. The van der Waals surface area contributed by atoms with Gasteiger partial charge in [-0.05, 0) is 54.1 Å². The summed E-state index contributed by atoms with van der Waals surface area (Å²) in [6.45, 7) is 0. The topological polar surface area (TPSA) is 113 Å². The standard InChI is InChI=1S/C21H17N5O3S/c27-19(15-5-3-14(4-6-15)12-30-21-22-13-23-26-21)24-16-7-9-17(10-8-16)25-20(28)18-2-1-11-29-18/h1-11,13H,12H2,(H,24,27)(H,25,28)(H,22,23,26). The van der Waals surface area contributed by atoms with E-state index >= 15 is 0 Å². The Labute approximate surface area is 176 Å². The van der Waals surface area contributed by atoms with Crippen LogP contribution in [0.1, 0.15) is 26.5 Å². The highest BCUT2D eigenvalue weighted by atomic mass is 32.2. The van der Waals surface area contributed by atoms with E-state index in [4.69, 9.17) is 4.42 Å². The first-order valence-corrected chi connectivity index (χ1v) is 9.99. The molecule has 0 saturated carbocycles. The number of aromatic nitrogens is 3. The molecule has 0 aliphatic rings. The predicted octanol–water partition coefficient (Wildman–Crippen LogP) is 4.19. The third-order valence-electron chi connectivity index (χ3n) is 4.13. The first kappa shape index (κ1) is 19.5. The molecule has 0 aliphatic heterocycles. The molecule has 3 N–H and O–H groups in total. The van der Waals surface area contributed by atoms with E-state index in [0.717, 1.165) is 16.5 Å². The molecule has 0 aliphatic carbocycles. The molecule has 0 atom stereocenters. The molecule has 2 aromatic carbocycles. The van der Waals surface area contributed by atoms with Crippen molar-refractivity contribution >= 4 is 35.0 Å². The van der Waals surface area contributed by atoms with Gasteiger partial charge in [0.1, 0.15) is 6.33 Å². The van der Waals surface area contributed by atoms with E-state index < -0.39 is 0 Å². The molecule has 0 bridgehead atoms. The zero-order valence-corrected chi connectivity index (χ0v) is 16.5. The number of amides is 2. The van der Waals surface area contributed by atoms with Crippen LogP contribution in [-0.2, 0) is 5.75 Å². The summed E-state index contributed by atoms with van der Waals surface area (Å²) in [6.07, 6.45) is 2.91. The highest BCUT2D eigenvalue weighted by Crippen LogP contribution is 2.19. The Bertz CT molecular complexity index is 1110. The number of nitrogens with one attached hydrogen (secondary N) is 3. The Morgan fingerprint density at radius 2 is 1.63 bits per heavy atom. The number of thioether (sulfide) groups is 1. The fourth-order valence-corrected chi connectivity index (χ4v) is 3.34. The normalized spacial score (nSPS) is 10.5. The van der Waals surface area contributed by atoms with Gasteiger partial charge in [0.2, 0.25) is 0 Å². The van der Waals surface area contributed by atoms with Gasteiger partial charge in [0.05, 0.1) is 6.26 Å². The van der Waals surface area contributed by atoms with Crippen LogP contribution in [0, 0.1) is 0 Å². The highest BCUT2D eigenvalue weighted by Gasteiger charge is 2.10. The van der Waals surface area contributed by atoms with E-state index in [9.17, 15) is 9.59 Å². The van der Waals surface area contributed by atoms with E-state index in [1.165, 1.54) is 24.4 Å². The Morgan fingerprint density at radius 3 is 2.23 bits per heavy atom. The van der Waals surface area contributed by atoms with Gasteiger partial charge in [-0.2, -0.15) is 5.10 Å². The fraction of sp³-hybridized carbons (Fsp3) is 0.0476. The van der Waals surface area contributed by atoms with Crippen LogP contribution in [0.2, 0.25) is 0 Å². The van der Waals surface area contributed by atoms with Crippen LogP contribution in [0.3, 0.4) is 0 Å². The molecule has 2 amide bonds. The van der Waals surface area contributed by atoms with Gasteiger partial charge in [-0.1, -0.05) is 23.9 Å². The summed E-state index contributed by atoms with van der Waals surface area (Å²) in [5.41, 5.74) is 2.85. The number of carbonyl (C=O) groups excluding carboxylic acids is 2. The summed E-state index contributed by atoms with van der Waals surface area (Å²) in [7, 11) is 0. The molecule has 0 radical (unpaired) electrons. The van der Waals surface area contributed by atoms with Crippen molar-refractivity contribution in [1.29, 1.82) is 0 Å². The zero-order valence-electron chi connectivity index (χ0n) is 15.7. The second-order valence-corrected chi connectivity index (χ2v) is 7.20. The average molecular weight is 419 g/mol. The van der Waals surface area contributed by atoms with Crippen molar-refractivity contribution in [1.82, 2.24) is 15.2 Å². The van der Waals surface area contributed by atoms with E-state index in [2.05, 4.69) is 25.8 Å². The quantitative estimate of drug-likeness (QED) is 0.387. The predicted molar refractivity (Wildman–Crippen MR) is 113 cm³/mol. The van der Waals surface area contributed by atoms with Gasteiger partial charge in [-0.15, -0.1) is 0 Å². The zero-order chi connectivity index (χ0) is 20.8. The minimum absolute atomic E-state index is 0.211. The number of carbonyl (C=O) groups is 2. The summed E-state index contributed by atoms with van der Waals surface area (Å²) >= 11 is 1.54. The molecule has 150 valence electrons. The molecule has 4 rings (SSSR count). The smallest absolute Gasteiger partial charge is 0.291 e. The van der Waals surface area contributed by atoms with Gasteiger partial charge in [-0.25, -0.2) is 4.98 Å². The maximum absolute atomic E-state index is 12.5. The number of furan rings is 1. The average Bonchev–Trinajstić information content (AvgIpc) is 3.48. The maximum Gasteiger partial charge on any atom is 0.291 e. The Kier molecular flexibility index (Phi) is 5.90.